The van der Waals surface area contributed by atoms with Crippen LogP contribution in [0.2, 0.25) is 0 Å². The maximum Gasteiger partial charge on any atom is 0.338 e. The van der Waals surface area contributed by atoms with Crippen molar-refractivity contribution in [1.29, 1.82) is 0 Å². The third-order valence-electron chi connectivity index (χ3n) is 4.83. The highest BCUT2D eigenvalue weighted by Gasteiger charge is 2.26. The number of ether oxygens (including phenoxy) is 1. The van der Waals surface area contributed by atoms with Crippen molar-refractivity contribution in [3.8, 4) is 0 Å². The number of aromatic nitrogens is 2. The number of benzene rings is 2. The van der Waals surface area contributed by atoms with Gasteiger partial charge in [0.1, 0.15) is 16.4 Å². The summed E-state index contributed by atoms with van der Waals surface area (Å²) >= 11 is 0.880. The van der Waals surface area contributed by atoms with Crippen molar-refractivity contribution in [1.82, 2.24) is 9.38 Å². The minimum absolute atomic E-state index is 0.0470. The molecule has 0 aliphatic carbocycles. The number of amides is 2. The minimum Gasteiger partial charge on any atom is -0.462 e. The van der Waals surface area contributed by atoms with Gasteiger partial charge in [0.2, 0.25) is 0 Å². The molecular weight excluding hydrogens is 475 g/mol. The molecule has 35 heavy (non-hydrogen) atoms. The molecule has 11 heteroatoms. The zero-order valence-electron chi connectivity index (χ0n) is 18.6. The lowest BCUT2D eigenvalue weighted by Crippen LogP contribution is -2.25. The average molecular weight is 495 g/mol. The summed E-state index contributed by atoms with van der Waals surface area (Å²) in [4.78, 5) is 55.2. The number of esters is 1. The summed E-state index contributed by atoms with van der Waals surface area (Å²) in [5, 5.41) is 5.24. The molecule has 4 aromatic rings. The van der Waals surface area contributed by atoms with Crippen LogP contribution >= 0.6 is 11.3 Å². The highest BCUT2D eigenvalue weighted by atomic mass is 32.1. The van der Waals surface area contributed by atoms with Crippen molar-refractivity contribution in [2.45, 2.75) is 13.8 Å². The molecule has 0 fully saturated rings. The van der Waals surface area contributed by atoms with Crippen molar-refractivity contribution in [2.75, 3.05) is 17.2 Å². The topological polar surface area (TPSA) is 119 Å². The Hall–Kier alpha value is -4.38. The Labute approximate surface area is 202 Å². The zero-order valence-corrected chi connectivity index (χ0v) is 19.4. The maximum atomic E-state index is 13.2. The van der Waals surface area contributed by atoms with Crippen LogP contribution in [0.15, 0.2) is 59.4 Å². The van der Waals surface area contributed by atoms with Gasteiger partial charge >= 0.3 is 5.97 Å². The Kier molecular flexibility index (Phi) is 6.69. The summed E-state index contributed by atoms with van der Waals surface area (Å²) in [6.07, 6.45) is 0. The van der Waals surface area contributed by atoms with Crippen LogP contribution in [0, 0.1) is 12.7 Å². The molecule has 0 radical (unpaired) electrons. The lowest BCUT2D eigenvalue weighted by atomic mass is 10.2. The number of anilines is 2. The molecule has 0 atom stereocenters. The summed E-state index contributed by atoms with van der Waals surface area (Å²) in [5.41, 5.74) is 0.672. The van der Waals surface area contributed by atoms with Gasteiger partial charge in [-0.05, 0) is 62.4 Å². The molecule has 9 nitrogen and oxygen atoms in total. The maximum absolute atomic E-state index is 13.2. The second-order valence-corrected chi connectivity index (χ2v) is 8.32. The van der Waals surface area contributed by atoms with Gasteiger partial charge in [-0.1, -0.05) is 11.3 Å². The first kappa shape index (κ1) is 23.8. The van der Waals surface area contributed by atoms with Gasteiger partial charge in [0.05, 0.1) is 12.2 Å². The van der Waals surface area contributed by atoms with Crippen LogP contribution in [-0.4, -0.2) is 33.8 Å². The number of halogens is 1. The van der Waals surface area contributed by atoms with Crippen molar-refractivity contribution < 1.29 is 23.5 Å². The van der Waals surface area contributed by atoms with Crippen LogP contribution in [0.5, 0.6) is 0 Å². The van der Waals surface area contributed by atoms with E-state index in [9.17, 15) is 23.6 Å². The molecular formula is C24H19FN4O5S. The number of aryl methyl sites for hydroxylation is 1. The third-order valence-corrected chi connectivity index (χ3v) is 5.86. The van der Waals surface area contributed by atoms with E-state index < -0.39 is 29.2 Å². The van der Waals surface area contributed by atoms with Crippen molar-refractivity contribution >= 4 is 45.5 Å². The Morgan fingerprint density at radius 3 is 2.23 bits per heavy atom. The quantitative estimate of drug-likeness (QED) is 0.393. The second-order valence-electron chi connectivity index (χ2n) is 7.35. The molecule has 0 unspecified atom stereocenters. The molecule has 4 rings (SSSR count). The van der Waals surface area contributed by atoms with Gasteiger partial charge in [-0.25, -0.2) is 18.6 Å². The molecule has 2 aromatic carbocycles. The summed E-state index contributed by atoms with van der Waals surface area (Å²) in [5.74, 6) is -2.35. The van der Waals surface area contributed by atoms with Crippen molar-refractivity contribution in [3.05, 3.63) is 92.6 Å². The van der Waals surface area contributed by atoms with E-state index in [-0.39, 0.29) is 27.8 Å². The monoisotopic (exact) mass is 494 g/mol. The number of carbonyl (C=O) groups excluding carboxylic acids is 3. The Morgan fingerprint density at radius 2 is 1.60 bits per heavy atom. The Balaban J connectivity index is 1.69. The smallest absolute Gasteiger partial charge is 0.338 e. The number of thiazole rings is 1. The van der Waals surface area contributed by atoms with E-state index in [0.29, 0.717) is 16.9 Å². The van der Waals surface area contributed by atoms with Gasteiger partial charge in [0.15, 0.2) is 4.96 Å². The predicted octanol–water partition coefficient (Wildman–Crippen LogP) is 3.88. The number of carbonyl (C=O) groups is 3. The van der Waals surface area contributed by atoms with E-state index in [0.717, 1.165) is 15.7 Å². The number of rotatable bonds is 6. The third kappa shape index (κ3) is 5.09. The lowest BCUT2D eigenvalue weighted by molar-refractivity contribution is 0.0526. The molecule has 0 aliphatic heterocycles. The molecule has 0 saturated heterocycles. The molecule has 2 aromatic heterocycles. The molecule has 0 spiro atoms. The predicted molar refractivity (Wildman–Crippen MR) is 129 cm³/mol. The van der Waals surface area contributed by atoms with Gasteiger partial charge in [-0.15, -0.1) is 0 Å². The standard InChI is InChI=1S/C24H19FN4O5S/c1-3-34-23(33)14-4-8-16(9-5-14)28-22(32)20-19(21(31)27-17-10-6-15(25)7-11-17)29-18(30)12-13(2)26-24(29)35-20/h4-12H,3H2,1-2H3,(H,27,31)(H,28,32). The fraction of sp³-hybridized carbons (Fsp3) is 0.125. The van der Waals surface area contributed by atoms with Crippen LogP contribution in [0.3, 0.4) is 0 Å². The highest BCUT2D eigenvalue weighted by Crippen LogP contribution is 2.24. The average Bonchev–Trinajstić information content (AvgIpc) is 3.21. The Bertz CT molecular complexity index is 1490. The highest BCUT2D eigenvalue weighted by molar-refractivity contribution is 7.19. The number of fused-ring (bicyclic) bond motifs is 1. The van der Waals surface area contributed by atoms with Crippen molar-refractivity contribution in [3.63, 3.8) is 0 Å². The first-order chi connectivity index (χ1) is 16.8. The molecule has 2 amide bonds. The van der Waals surface area contributed by atoms with Gasteiger partial charge in [-0.2, -0.15) is 0 Å². The minimum atomic E-state index is -0.738. The zero-order chi connectivity index (χ0) is 25.1. The number of hydrogen-bond donors (Lipinski definition) is 2. The van der Waals surface area contributed by atoms with Gasteiger partial charge < -0.3 is 15.4 Å². The first-order valence-corrected chi connectivity index (χ1v) is 11.3. The van der Waals surface area contributed by atoms with Crippen LogP contribution in [-0.2, 0) is 4.74 Å². The summed E-state index contributed by atoms with van der Waals surface area (Å²) in [7, 11) is 0. The molecule has 0 aliphatic rings. The summed E-state index contributed by atoms with van der Waals surface area (Å²) in [6.45, 7) is 3.56. The van der Waals surface area contributed by atoms with E-state index in [2.05, 4.69) is 15.6 Å². The lowest BCUT2D eigenvalue weighted by Gasteiger charge is -2.09. The van der Waals surface area contributed by atoms with Gasteiger partial charge in [0, 0.05) is 23.1 Å². The van der Waals surface area contributed by atoms with Gasteiger partial charge in [-0.3, -0.25) is 14.4 Å². The molecule has 178 valence electrons. The fourth-order valence-corrected chi connectivity index (χ4v) is 4.33. The molecule has 2 heterocycles. The molecule has 0 saturated carbocycles. The molecule has 2 N–H and O–H groups in total. The number of nitrogens with one attached hydrogen (secondary N) is 2. The van der Waals surface area contributed by atoms with E-state index in [1.807, 2.05) is 0 Å². The van der Waals surface area contributed by atoms with Crippen LogP contribution in [0.1, 0.15) is 43.1 Å². The summed E-state index contributed by atoms with van der Waals surface area (Å²) < 4.78 is 19.2. The fourth-order valence-electron chi connectivity index (χ4n) is 3.26. The SMILES string of the molecule is CCOC(=O)c1ccc(NC(=O)c2sc3nc(C)cc(=O)n3c2C(=O)Nc2ccc(F)cc2)cc1. The summed E-state index contributed by atoms with van der Waals surface area (Å²) in [6, 6.07) is 12.3. The molecule has 0 bridgehead atoms. The van der Waals surface area contributed by atoms with Crippen LogP contribution in [0.25, 0.3) is 4.96 Å². The number of hydrogen-bond acceptors (Lipinski definition) is 7. The second kappa shape index (κ2) is 9.85. The largest absolute Gasteiger partial charge is 0.462 e. The number of nitrogens with zero attached hydrogens (tertiary/aromatic N) is 2. The van der Waals surface area contributed by atoms with Crippen LogP contribution < -0.4 is 16.2 Å². The Morgan fingerprint density at radius 1 is 1.00 bits per heavy atom. The van der Waals surface area contributed by atoms with E-state index >= 15 is 0 Å². The van der Waals surface area contributed by atoms with E-state index in [1.165, 1.54) is 54.6 Å². The first-order valence-electron chi connectivity index (χ1n) is 10.5. The normalized spacial score (nSPS) is 10.7. The van der Waals surface area contributed by atoms with E-state index in [4.69, 9.17) is 4.74 Å². The van der Waals surface area contributed by atoms with Crippen molar-refractivity contribution in [2.24, 2.45) is 0 Å². The van der Waals surface area contributed by atoms with Gasteiger partial charge in [0.25, 0.3) is 17.4 Å². The van der Waals surface area contributed by atoms with E-state index in [1.54, 1.807) is 13.8 Å². The van der Waals surface area contributed by atoms with Crippen LogP contribution in [0.4, 0.5) is 15.8 Å².